The highest BCUT2D eigenvalue weighted by Crippen LogP contribution is 2.01. The van der Waals surface area contributed by atoms with Gasteiger partial charge in [-0.1, -0.05) is 30.3 Å². The van der Waals surface area contributed by atoms with Gasteiger partial charge in [-0.05, 0) is 22.9 Å². The second kappa shape index (κ2) is 4.65. The lowest BCUT2D eigenvalue weighted by molar-refractivity contribution is 0.0535. The monoisotopic (exact) mass is 204 g/mol. The molecule has 0 aliphatic rings. The average Bonchev–Trinajstić information content (AvgIpc) is 2.66. The van der Waals surface area contributed by atoms with Crippen LogP contribution >= 0.6 is 0 Å². The van der Waals surface area contributed by atoms with Crippen molar-refractivity contribution in [1.82, 2.24) is 20.2 Å². The third kappa shape index (κ3) is 2.60. The van der Waals surface area contributed by atoms with Crippen LogP contribution in [-0.2, 0) is 18.1 Å². The Morgan fingerprint density at radius 3 is 2.73 bits per heavy atom. The van der Waals surface area contributed by atoms with Crippen molar-refractivity contribution >= 4 is 0 Å². The number of aryl methyl sites for hydroxylation is 1. The highest BCUT2D eigenvalue weighted by molar-refractivity contribution is 5.13. The van der Waals surface area contributed by atoms with Crippen LogP contribution in [0.1, 0.15) is 11.4 Å². The molecular weight excluding hydrogens is 192 g/mol. The average molecular weight is 204 g/mol. The molecule has 1 aromatic carbocycles. The topological polar surface area (TPSA) is 52.8 Å². The summed E-state index contributed by atoms with van der Waals surface area (Å²) in [6, 6.07) is 10.00. The van der Waals surface area contributed by atoms with Crippen molar-refractivity contribution in [3.8, 4) is 0 Å². The molecule has 0 aliphatic heterocycles. The maximum atomic E-state index is 5.47. The van der Waals surface area contributed by atoms with E-state index < -0.39 is 0 Å². The Hall–Kier alpha value is -1.75. The molecule has 78 valence electrons. The van der Waals surface area contributed by atoms with Gasteiger partial charge in [-0.15, -0.1) is 5.10 Å². The predicted octanol–water partition coefficient (Wildman–Crippen LogP) is 1.16. The zero-order chi connectivity index (χ0) is 10.5. The lowest BCUT2D eigenvalue weighted by atomic mass is 10.2. The SMILES string of the molecule is Cc1nnnn1COCc1ccccc1. The summed E-state index contributed by atoms with van der Waals surface area (Å²) in [6.45, 7) is 2.79. The Morgan fingerprint density at radius 2 is 2.07 bits per heavy atom. The number of ether oxygens (including phenoxy) is 1. The van der Waals surface area contributed by atoms with Gasteiger partial charge in [0.05, 0.1) is 6.61 Å². The first kappa shape index (κ1) is 9.79. The fourth-order valence-electron chi connectivity index (χ4n) is 1.19. The summed E-state index contributed by atoms with van der Waals surface area (Å²) in [5.74, 6) is 0.753. The molecule has 5 nitrogen and oxygen atoms in total. The highest BCUT2D eigenvalue weighted by Gasteiger charge is 1.99. The van der Waals surface area contributed by atoms with Crippen LogP contribution in [0, 0.1) is 6.92 Å². The van der Waals surface area contributed by atoms with Gasteiger partial charge in [0.25, 0.3) is 0 Å². The largest absolute Gasteiger partial charge is 0.354 e. The van der Waals surface area contributed by atoms with E-state index in [0.29, 0.717) is 13.3 Å². The van der Waals surface area contributed by atoms with Crippen LogP contribution in [0.2, 0.25) is 0 Å². The number of aromatic nitrogens is 4. The summed E-state index contributed by atoms with van der Waals surface area (Å²) < 4.78 is 7.08. The minimum atomic E-state index is 0.383. The molecule has 0 amide bonds. The summed E-state index contributed by atoms with van der Waals surface area (Å²) in [5.41, 5.74) is 1.14. The molecular formula is C10H12N4O. The van der Waals surface area contributed by atoms with Crippen molar-refractivity contribution < 1.29 is 4.74 Å². The Kier molecular flexibility index (Phi) is 3.04. The van der Waals surface area contributed by atoms with Gasteiger partial charge in [0.2, 0.25) is 0 Å². The van der Waals surface area contributed by atoms with Crippen LogP contribution < -0.4 is 0 Å². The number of rotatable bonds is 4. The molecule has 0 saturated heterocycles. The van der Waals surface area contributed by atoms with Crippen molar-refractivity contribution in [2.75, 3.05) is 0 Å². The molecule has 5 heteroatoms. The van der Waals surface area contributed by atoms with Gasteiger partial charge in [0.15, 0.2) is 5.82 Å². The molecule has 0 saturated carbocycles. The molecule has 0 unspecified atom stereocenters. The number of benzene rings is 1. The molecule has 0 fully saturated rings. The molecule has 1 aromatic heterocycles. The Bertz CT molecular complexity index is 412. The number of hydrogen-bond donors (Lipinski definition) is 0. The Labute approximate surface area is 87.7 Å². The van der Waals surface area contributed by atoms with E-state index in [-0.39, 0.29) is 0 Å². The van der Waals surface area contributed by atoms with Crippen LogP contribution in [0.3, 0.4) is 0 Å². The summed E-state index contributed by atoms with van der Waals surface area (Å²) in [4.78, 5) is 0. The number of tetrazole rings is 1. The second-order valence-electron chi connectivity index (χ2n) is 3.19. The Morgan fingerprint density at radius 1 is 1.27 bits per heavy atom. The first-order chi connectivity index (χ1) is 7.36. The van der Waals surface area contributed by atoms with E-state index in [1.807, 2.05) is 37.3 Å². The van der Waals surface area contributed by atoms with Crippen molar-refractivity contribution in [1.29, 1.82) is 0 Å². The third-order valence-electron chi connectivity index (χ3n) is 2.04. The lowest BCUT2D eigenvalue weighted by Gasteiger charge is -2.04. The minimum Gasteiger partial charge on any atom is -0.354 e. The molecule has 0 radical (unpaired) electrons. The number of nitrogens with zero attached hydrogens (tertiary/aromatic N) is 4. The fourth-order valence-corrected chi connectivity index (χ4v) is 1.19. The van der Waals surface area contributed by atoms with E-state index in [4.69, 9.17) is 4.74 Å². The molecule has 0 aliphatic carbocycles. The van der Waals surface area contributed by atoms with E-state index >= 15 is 0 Å². The van der Waals surface area contributed by atoms with Gasteiger partial charge in [-0.3, -0.25) is 0 Å². The summed E-state index contributed by atoms with van der Waals surface area (Å²) in [5, 5.41) is 11.1. The van der Waals surface area contributed by atoms with Crippen molar-refractivity contribution in [2.45, 2.75) is 20.3 Å². The standard InChI is InChI=1S/C10H12N4O/c1-9-11-12-13-14(9)8-15-7-10-5-3-2-4-6-10/h2-6H,7-8H2,1H3. The van der Waals surface area contributed by atoms with Crippen LogP contribution in [0.5, 0.6) is 0 Å². The van der Waals surface area contributed by atoms with Crippen LogP contribution in [0.4, 0.5) is 0 Å². The zero-order valence-electron chi connectivity index (χ0n) is 8.50. The van der Waals surface area contributed by atoms with Gasteiger partial charge >= 0.3 is 0 Å². The summed E-state index contributed by atoms with van der Waals surface area (Å²) in [7, 11) is 0. The first-order valence-electron chi connectivity index (χ1n) is 4.71. The molecule has 1 heterocycles. The van der Waals surface area contributed by atoms with E-state index in [1.54, 1.807) is 4.68 Å². The van der Waals surface area contributed by atoms with Gasteiger partial charge < -0.3 is 4.74 Å². The van der Waals surface area contributed by atoms with Gasteiger partial charge in [-0.25, -0.2) is 4.68 Å². The second-order valence-corrected chi connectivity index (χ2v) is 3.19. The molecule has 0 spiro atoms. The molecule has 0 N–H and O–H groups in total. The summed E-state index contributed by atoms with van der Waals surface area (Å²) in [6.07, 6.45) is 0. The van der Waals surface area contributed by atoms with E-state index in [0.717, 1.165) is 11.4 Å². The molecule has 15 heavy (non-hydrogen) atoms. The minimum absolute atomic E-state index is 0.383. The van der Waals surface area contributed by atoms with Crippen molar-refractivity contribution in [3.05, 3.63) is 41.7 Å². The smallest absolute Gasteiger partial charge is 0.150 e. The van der Waals surface area contributed by atoms with Crippen LogP contribution in [0.15, 0.2) is 30.3 Å². The van der Waals surface area contributed by atoms with E-state index in [9.17, 15) is 0 Å². The molecule has 2 rings (SSSR count). The summed E-state index contributed by atoms with van der Waals surface area (Å²) >= 11 is 0. The van der Waals surface area contributed by atoms with E-state index in [1.165, 1.54) is 0 Å². The van der Waals surface area contributed by atoms with Gasteiger partial charge in [0.1, 0.15) is 6.73 Å². The third-order valence-corrected chi connectivity index (χ3v) is 2.04. The van der Waals surface area contributed by atoms with Gasteiger partial charge in [0, 0.05) is 0 Å². The molecule has 0 bridgehead atoms. The Balaban J connectivity index is 1.83. The van der Waals surface area contributed by atoms with Gasteiger partial charge in [-0.2, -0.15) is 0 Å². The predicted molar refractivity (Wildman–Crippen MR) is 53.8 cm³/mol. The quantitative estimate of drug-likeness (QED) is 0.749. The van der Waals surface area contributed by atoms with Crippen LogP contribution in [-0.4, -0.2) is 20.2 Å². The normalized spacial score (nSPS) is 10.5. The highest BCUT2D eigenvalue weighted by atomic mass is 16.5. The molecule has 0 atom stereocenters. The zero-order valence-corrected chi connectivity index (χ0v) is 8.50. The number of hydrogen-bond acceptors (Lipinski definition) is 4. The lowest BCUT2D eigenvalue weighted by Crippen LogP contribution is -2.06. The first-order valence-corrected chi connectivity index (χ1v) is 4.71. The maximum Gasteiger partial charge on any atom is 0.150 e. The van der Waals surface area contributed by atoms with Crippen molar-refractivity contribution in [3.63, 3.8) is 0 Å². The molecule has 2 aromatic rings. The van der Waals surface area contributed by atoms with Crippen LogP contribution in [0.25, 0.3) is 0 Å². The maximum absolute atomic E-state index is 5.47. The fraction of sp³-hybridized carbons (Fsp3) is 0.300. The van der Waals surface area contributed by atoms with E-state index in [2.05, 4.69) is 15.5 Å². The van der Waals surface area contributed by atoms with Crippen molar-refractivity contribution in [2.24, 2.45) is 0 Å².